The zero-order chi connectivity index (χ0) is 39.3. The van der Waals surface area contributed by atoms with Crippen LogP contribution in [0.25, 0.3) is 77.2 Å². The van der Waals surface area contributed by atoms with Gasteiger partial charge in [0.2, 0.25) is 0 Å². The average Bonchev–Trinajstić information content (AvgIpc) is 3.67. The van der Waals surface area contributed by atoms with E-state index in [0.29, 0.717) is 16.9 Å². The second-order valence-electron chi connectivity index (χ2n) is 13.4. The third-order valence-electron chi connectivity index (χ3n) is 10.2. The highest BCUT2D eigenvalue weighted by atomic mass is 16.3. The number of anilines is 3. The van der Waals surface area contributed by atoms with Gasteiger partial charge in [-0.25, -0.2) is 0 Å². The van der Waals surface area contributed by atoms with Gasteiger partial charge < -0.3 is 9.32 Å². The minimum Gasteiger partial charge on any atom is -0.456 e. The van der Waals surface area contributed by atoms with Crippen LogP contribution in [0.3, 0.4) is 0 Å². The zero-order valence-corrected chi connectivity index (χ0v) is 29.3. The first kappa shape index (κ1) is 27.5. The van der Waals surface area contributed by atoms with Gasteiger partial charge in [-0.15, -0.1) is 0 Å². The van der Waals surface area contributed by atoms with E-state index in [4.69, 9.17) is 4.42 Å². The Bertz CT molecular complexity index is 3100. The minimum absolute atomic E-state index is 0.101. The van der Waals surface area contributed by atoms with Crippen LogP contribution in [-0.4, -0.2) is 0 Å². The number of benzene rings is 9. The van der Waals surface area contributed by atoms with Crippen molar-refractivity contribution in [3.8, 4) is 44.5 Å². The van der Waals surface area contributed by atoms with Crippen LogP contribution in [0.5, 0.6) is 0 Å². The van der Waals surface area contributed by atoms with E-state index in [0.717, 1.165) is 66.1 Å². The van der Waals surface area contributed by atoms with E-state index in [1.807, 2.05) is 138 Å². The van der Waals surface area contributed by atoms with Gasteiger partial charge >= 0.3 is 0 Å². The lowest BCUT2D eigenvalue weighted by molar-refractivity contribution is 0.669. The van der Waals surface area contributed by atoms with Crippen LogP contribution in [0.1, 0.15) is 5.48 Å². The molecule has 54 heavy (non-hydrogen) atoms. The molecule has 1 aromatic heterocycles. The Balaban J connectivity index is 1.10. The summed E-state index contributed by atoms with van der Waals surface area (Å²) < 4.78 is 43.8. The molecule has 0 spiro atoms. The number of furan rings is 1. The van der Waals surface area contributed by atoms with Gasteiger partial charge in [0, 0.05) is 27.8 Å². The second kappa shape index (κ2) is 13.4. The van der Waals surface area contributed by atoms with Gasteiger partial charge in [-0.05, 0) is 104 Å². The summed E-state index contributed by atoms with van der Waals surface area (Å²) in [5.41, 5.74) is 10.3. The molecule has 9 aromatic carbocycles. The van der Waals surface area contributed by atoms with Crippen LogP contribution in [0.15, 0.2) is 217 Å². The Hall–Kier alpha value is -7.16. The third-order valence-corrected chi connectivity index (χ3v) is 10.2. The van der Waals surface area contributed by atoms with E-state index in [1.54, 1.807) is 0 Å². The van der Waals surface area contributed by atoms with Gasteiger partial charge in [0.05, 0.1) is 5.48 Å². The van der Waals surface area contributed by atoms with Gasteiger partial charge in [-0.1, -0.05) is 164 Å². The Morgan fingerprint density at radius 1 is 0.333 bits per heavy atom. The Labute approximate surface area is 320 Å². The summed E-state index contributed by atoms with van der Waals surface area (Å²) in [6.07, 6.45) is 0. The molecule has 0 N–H and O–H groups in total. The Morgan fingerprint density at radius 3 is 1.56 bits per heavy atom. The van der Waals surface area contributed by atoms with Gasteiger partial charge in [-0.3, -0.25) is 0 Å². The first-order valence-corrected chi connectivity index (χ1v) is 18.1. The summed E-state index contributed by atoms with van der Waals surface area (Å²) in [7, 11) is 0. The van der Waals surface area contributed by atoms with Gasteiger partial charge in [0.25, 0.3) is 0 Å². The fourth-order valence-corrected chi connectivity index (χ4v) is 7.50. The van der Waals surface area contributed by atoms with Crippen LogP contribution in [0.2, 0.25) is 0 Å². The van der Waals surface area contributed by atoms with Crippen LogP contribution in [0.4, 0.5) is 17.1 Å². The normalized spacial score (nSPS) is 12.4. The predicted molar refractivity (Wildman–Crippen MR) is 228 cm³/mol. The standard InChI is InChI=1S/C52H35NO/c1-2-10-36(11-3-1)37-20-22-38(23-21-37)39-24-30-43(31-25-39)53(44-32-26-41(27-33-44)47-16-8-13-40-12-4-5-14-46(40)47)45-34-28-42(29-35-45)48-17-9-19-51-52(48)49-15-6-7-18-50(49)54-51/h1-35H/i24D,25D,30D,31D. The largest absolute Gasteiger partial charge is 0.456 e. The van der Waals surface area contributed by atoms with Crippen molar-refractivity contribution in [2.75, 3.05) is 4.90 Å². The highest BCUT2D eigenvalue weighted by Crippen LogP contribution is 2.41. The molecule has 2 heteroatoms. The minimum atomic E-state index is -0.125. The van der Waals surface area contributed by atoms with Crippen molar-refractivity contribution in [2.45, 2.75) is 0 Å². The number of rotatable bonds is 7. The molecule has 10 aromatic rings. The quantitative estimate of drug-likeness (QED) is 0.165. The molecule has 1 heterocycles. The molecule has 0 saturated heterocycles. The van der Waals surface area contributed by atoms with E-state index >= 15 is 0 Å². The van der Waals surface area contributed by atoms with Gasteiger partial charge in [0.1, 0.15) is 11.2 Å². The monoisotopic (exact) mass is 693 g/mol. The van der Waals surface area contributed by atoms with Crippen molar-refractivity contribution in [1.29, 1.82) is 0 Å². The molecular formula is C52H35NO. The molecule has 0 bridgehead atoms. The first-order valence-electron chi connectivity index (χ1n) is 20.1. The summed E-state index contributed by atoms with van der Waals surface area (Å²) >= 11 is 0. The molecule has 10 rings (SSSR count). The number of hydrogen-bond donors (Lipinski definition) is 0. The highest BCUT2D eigenvalue weighted by molar-refractivity contribution is 6.12. The molecule has 0 aliphatic rings. The van der Waals surface area contributed by atoms with Crippen molar-refractivity contribution in [2.24, 2.45) is 0 Å². The molecule has 0 unspecified atom stereocenters. The second-order valence-corrected chi connectivity index (χ2v) is 13.4. The Kier molecular flexibility index (Phi) is 6.84. The van der Waals surface area contributed by atoms with Crippen molar-refractivity contribution in [3.63, 3.8) is 0 Å². The molecule has 0 saturated carbocycles. The zero-order valence-electron chi connectivity index (χ0n) is 33.3. The molecule has 2 nitrogen and oxygen atoms in total. The van der Waals surface area contributed by atoms with Gasteiger partial charge in [-0.2, -0.15) is 0 Å². The highest BCUT2D eigenvalue weighted by Gasteiger charge is 2.16. The average molecular weight is 694 g/mol. The first-order chi connectivity index (χ1) is 28.4. The van der Waals surface area contributed by atoms with Crippen LogP contribution in [0, 0.1) is 0 Å². The van der Waals surface area contributed by atoms with E-state index in [2.05, 4.69) is 54.6 Å². The SMILES string of the molecule is [2H]c1c([2H])c(N(c2ccc(-c3cccc4ccccc34)cc2)c2ccc(-c3cccc4oc5ccccc5c34)cc2)c([2H])c([2H])c1-c1ccc(-c2ccccc2)cc1. The number of nitrogens with zero attached hydrogens (tertiary/aromatic N) is 1. The molecule has 0 amide bonds. The fraction of sp³-hybridized carbons (Fsp3) is 0. The molecule has 0 aliphatic carbocycles. The fourth-order valence-electron chi connectivity index (χ4n) is 7.50. The topological polar surface area (TPSA) is 16.4 Å². The van der Waals surface area contributed by atoms with Crippen LogP contribution < -0.4 is 4.90 Å². The predicted octanol–water partition coefficient (Wildman–Crippen LogP) is 14.9. The van der Waals surface area contributed by atoms with Crippen molar-refractivity contribution < 1.29 is 9.90 Å². The van der Waals surface area contributed by atoms with Crippen molar-refractivity contribution in [1.82, 2.24) is 0 Å². The van der Waals surface area contributed by atoms with E-state index in [-0.39, 0.29) is 35.4 Å². The molecule has 0 radical (unpaired) electrons. The van der Waals surface area contributed by atoms with E-state index < -0.39 is 0 Å². The summed E-state index contributed by atoms with van der Waals surface area (Å²) in [6.45, 7) is 0. The Morgan fingerprint density at radius 2 is 0.833 bits per heavy atom. The maximum absolute atomic E-state index is 9.48. The summed E-state index contributed by atoms with van der Waals surface area (Å²) in [5.74, 6) is 0. The van der Waals surface area contributed by atoms with E-state index in [9.17, 15) is 5.48 Å². The summed E-state index contributed by atoms with van der Waals surface area (Å²) in [6, 6.07) is 62.1. The third kappa shape index (κ3) is 5.71. The van der Waals surface area contributed by atoms with Crippen molar-refractivity contribution >= 4 is 49.8 Å². The number of para-hydroxylation sites is 1. The molecule has 0 aliphatic heterocycles. The molecule has 0 atom stereocenters. The summed E-state index contributed by atoms with van der Waals surface area (Å²) in [5, 5.41) is 4.39. The lowest BCUT2D eigenvalue weighted by Gasteiger charge is -2.26. The maximum Gasteiger partial charge on any atom is 0.136 e. The smallest absolute Gasteiger partial charge is 0.136 e. The molecule has 0 fully saturated rings. The molecular weight excluding hydrogens is 655 g/mol. The number of hydrogen-bond acceptors (Lipinski definition) is 2. The molecule has 254 valence electrons. The summed E-state index contributed by atoms with van der Waals surface area (Å²) in [4.78, 5) is 1.84. The van der Waals surface area contributed by atoms with Crippen molar-refractivity contribution in [3.05, 3.63) is 212 Å². The van der Waals surface area contributed by atoms with Gasteiger partial charge in [0.15, 0.2) is 0 Å². The van der Waals surface area contributed by atoms with Crippen LogP contribution in [-0.2, 0) is 0 Å². The lowest BCUT2D eigenvalue weighted by atomic mass is 9.97. The maximum atomic E-state index is 9.48. The van der Waals surface area contributed by atoms with Crippen LogP contribution >= 0.6 is 0 Å². The van der Waals surface area contributed by atoms with E-state index in [1.165, 1.54) is 0 Å². The lowest BCUT2D eigenvalue weighted by Crippen LogP contribution is -2.09. The number of fused-ring (bicyclic) bond motifs is 4.